The van der Waals surface area contributed by atoms with Gasteiger partial charge in [0.2, 0.25) is 0 Å². The highest BCUT2D eigenvalue weighted by molar-refractivity contribution is 6.35. The van der Waals surface area contributed by atoms with Gasteiger partial charge in [0.25, 0.3) is 0 Å². The highest BCUT2D eigenvalue weighted by atomic mass is 35.5. The molecule has 0 amide bonds. The molecule has 2 atom stereocenters. The molecule has 1 aliphatic carbocycles. The van der Waals surface area contributed by atoms with Crippen LogP contribution in [0.25, 0.3) is 0 Å². The van der Waals surface area contributed by atoms with Crippen LogP contribution in [0.2, 0.25) is 10.0 Å². The average molecular weight is 397 g/mol. The summed E-state index contributed by atoms with van der Waals surface area (Å²) in [7, 11) is 0. The summed E-state index contributed by atoms with van der Waals surface area (Å²) in [5.74, 6) is -0.558. The Hall–Kier alpha value is -1.53. The largest absolute Gasteiger partial charge is 0.382 e. The Morgan fingerprint density at radius 2 is 2.08 bits per heavy atom. The van der Waals surface area contributed by atoms with E-state index in [4.69, 9.17) is 28.9 Å². The van der Waals surface area contributed by atoms with Gasteiger partial charge in [0.15, 0.2) is 11.5 Å². The molecule has 1 aromatic heterocycles. The lowest BCUT2D eigenvalue weighted by molar-refractivity contribution is -0.134. The summed E-state index contributed by atoms with van der Waals surface area (Å²) in [5.41, 5.74) is 3.04. The standard InChI is InChI=1S/C19H19Cl2FN2O2/c20-13-5-3-12(15(21)10-13)4-6-16(25)19(22)8-7-18(26,11-23)17-14(19)2-1-9-24-17/h1-3,5,9-10,26H,4,6-8,11,23H2/t18-,19+/m1/s1. The van der Waals surface area contributed by atoms with Gasteiger partial charge in [-0.25, -0.2) is 4.39 Å². The first-order valence-corrected chi connectivity index (χ1v) is 9.10. The van der Waals surface area contributed by atoms with E-state index in [0.29, 0.717) is 16.5 Å². The Bertz CT molecular complexity index is 848. The Morgan fingerprint density at radius 1 is 1.31 bits per heavy atom. The highest BCUT2D eigenvalue weighted by Crippen LogP contribution is 2.46. The summed E-state index contributed by atoms with van der Waals surface area (Å²) in [6.07, 6.45) is 1.65. The lowest BCUT2D eigenvalue weighted by Crippen LogP contribution is -2.46. The van der Waals surface area contributed by atoms with Crippen molar-refractivity contribution in [3.05, 3.63) is 63.4 Å². The second-order valence-electron chi connectivity index (χ2n) is 6.60. The van der Waals surface area contributed by atoms with Crippen LogP contribution >= 0.6 is 23.2 Å². The van der Waals surface area contributed by atoms with Crippen molar-refractivity contribution in [3.8, 4) is 0 Å². The van der Waals surface area contributed by atoms with E-state index >= 15 is 4.39 Å². The highest BCUT2D eigenvalue weighted by Gasteiger charge is 2.50. The minimum absolute atomic E-state index is 0.0206. The van der Waals surface area contributed by atoms with Gasteiger partial charge >= 0.3 is 0 Å². The average Bonchev–Trinajstić information content (AvgIpc) is 2.64. The topological polar surface area (TPSA) is 76.2 Å². The third-order valence-electron chi connectivity index (χ3n) is 4.97. The Morgan fingerprint density at radius 3 is 2.77 bits per heavy atom. The van der Waals surface area contributed by atoms with Crippen LogP contribution in [-0.4, -0.2) is 22.4 Å². The first-order chi connectivity index (χ1) is 12.3. The third kappa shape index (κ3) is 3.37. The smallest absolute Gasteiger partial charge is 0.195 e. The summed E-state index contributed by atoms with van der Waals surface area (Å²) in [6.45, 7) is -0.0817. The first-order valence-electron chi connectivity index (χ1n) is 8.35. The minimum atomic E-state index is -2.19. The van der Waals surface area contributed by atoms with E-state index in [1.54, 1.807) is 24.3 Å². The van der Waals surface area contributed by atoms with Crippen LogP contribution in [0.3, 0.4) is 0 Å². The van der Waals surface area contributed by atoms with Gasteiger partial charge in [-0.15, -0.1) is 0 Å². The lowest BCUT2D eigenvalue weighted by atomic mass is 9.72. The van der Waals surface area contributed by atoms with Gasteiger partial charge < -0.3 is 10.8 Å². The van der Waals surface area contributed by atoms with Crippen LogP contribution in [0.15, 0.2) is 36.5 Å². The number of hydrogen-bond donors (Lipinski definition) is 2. The molecule has 0 spiro atoms. The van der Waals surface area contributed by atoms with Gasteiger partial charge in [-0.1, -0.05) is 35.3 Å². The number of ketones is 1. The number of fused-ring (bicyclic) bond motifs is 1. The van der Waals surface area contributed by atoms with Gasteiger partial charge in [-0.05, 0) is 43.0 Å². The van der Waals surface area contributed by atoms with Crippen molar-refractivity contribution in [2.24, 2.45) is 5.73 Å². The number of nitrogens with two attached hydrogens (primary N) is 1. The first kappa shape index (κ1) is 19.2. The fraction of sp³-hybridized carbons (Fsp3) is 0.368. The number of aryl methyl sites for hydroxylation is 1. The number of aliphatic hydroxyl groups is 1. The van der Waals surface area contributed by atoms with Crippen molar-refractivity contribution in [2.75, 3.05) is 6.54 Å². The zero-order valence-electron chi connectivity index (χ0n) is 14.0. The molecule has 138 valence electrons. The summed E-state index contributed by atoms with van der Waals surface area (Å²) in [4.78, 5) is 16.9. The van der Waals surface area contributed by atoms with Crippen molar-refractivity contribution >= 4 is 29.0 Å². The SMILES string of the molecule is NC[C@]1(O)CC[C@@](F)(C(=O)CCc2ccc(Cl)cc2Cl)c2cccnc21. The van der Waals surface area contributed by atoms with Gasteiger partial charge in [0.1, 0.15) is 5.60 Å². The number of carbonyl (C=O) groups excluding carboxylic acids is 1. The molecule has 0 bridgehead atoms. The molecule has 7 heteroatoms. The van der Waals surface area contributed by atoms with Crippen molar-refractivity contribution < 1.29 is 14.3 Å². The quantitative estimate of drug-likeness (QED) is 0.807. The van der Waals surface area contributed by atoms with Gasteiger partial charge in [0, 0.05) is 34.8 Å². The molecule has 1 aromatic carbocycles. The van der Waals surface area contributed by atoms with E-state index in [1.165, 1.54) is 12.3 Å². The molecular formula is C19H19Cl2FN2O2. The monoisotopic (exact) mass is 396 g/mol. The van der Waals surface area contributed by atoms with E-state index in [0.717, 1.165) is 5.56 Å². The molecular weight excluding hydrogens is 378 g/mol. The van der Waals surface area contributed by atoms with Crippen LogP contribution in [0.4, 0.5) is 4.39 Å². The summed E-state index contributed by atoms with van der Waals surface area (Å²) in [5, 5.41) is 11.6. The number of alkyl halides is 1. The second-order valence-corrected chi connectivity index (χ2v) is 7.44. The number of nitrogens with zero attached hydrogens (tertiary/aromatic N) is 1. The summed E-state index contributed by atoms with van der Waals surface area (Å²) < 4.78 is 15.7. The molecule has 0 fully saturated rings. The van der Waals surface area contributed by atoms with Crippen LogP contribution < -0.4 is 5.73 Å². The zero-order chi connectivity index (χ0) is 18.9. The summed E-state index contributed by atoms with van der Waals surface area (Å²) in [6, 6.07) is 8.05. The molecule has 0 radical (unpaired) electrons. The number of benzene rings is 1. The fourth-order valence-corrected chi connectivity index (χ4v) is 3.89. The number of hydrogen-bond acceptors (Lipinski definition) is 4. The second kappa shape index (κ2) is 7.24. The predicted octanol–water partition coefficient (Wildman–Crippen LogP) is 3.70. The van der Waals surface area contributed by atoms with Gasteiger partial charge in [-0.2, -0.15) is 0 Å². The third-order valence-corrected chi connectivity index (χ3v) is 5.56. The van der Waals surface area contributed by atoms with Crippen molar-refractivity contribution in [1.82, 2.24) is 4.98 Å². The maximum Gasteiger partial charge on any atom is 0.195 e. The molecule has 1 heterocycles. The van der Waals surface area contributed by atoms with Crippen LogP contribution in [0, 0.1) is 0 Å². The minimum Gasteiger partial charge on any atom is -0.382 e. The molecule has 0 saturated carbocycles. The fourth-order valence-electron chi connectivity index (χ4n) is 3.39. The molecule has 0 unspecified atom stereocenters. The number of halogens is 3. The molecule has 26 heavy (non-hydrogen) atoms. The van der Waals surface area contributed by atoms with E-state index in [9.17, 15) is 9.90 Å². The number of aromatic nitrogens is 1. The Balaban J connectivity index is 1.85. The molecule has 3 N–H and O–H groups in total. The predicted molar refractivity (Wildman–Crippen MR) is 99.0 cm³/mol. The zero-order valence-corrected chi connectivity index (χ0v) is 15.5. The molecule has 1 aliphatic rings. The van der Waals surface area contributed by atoms with Crippen molar-refractivity contribution in [2.45, 2.75) is 37.0 Å². The van der Waals surface area contributed by atoms with Crippen LogP contribution in [0.1, 0.15) is 36.1 Å². The number of Topliss-reactive ketones (excluding diaryl/α,β-unsaturated/α-hetero) is 1. The number of pyridine rings is 1. The van der Waals surface area contributed by atoms with Gasteiger partial charge in [-0.3, -0.25) is 9.78 Å². The van der Waals surface area contributed by atoms with Crippen LogP contribution in [-0.2, 0) is 22.5 Å². The van der Waals surface area contributed by atoms with E-state index in [1.807, 2.05) is 0 Å². The van der Waals surface area contributed by atoms with Crippen LogP contribution in [0.5, 0.6) is 0 Å². The number of carbonyl (C=O) groups is 1. The molecule has 0 aliphatic heterocycles. The molecule has 4 nitrogen and oxygen atoms in total. The van der Waals surface area contributed by atoms with E-state index in [-0.39, 0.29) is 37.1 Å². The number of rotatable bonds is 5. The molecule has 3 rings (SSSR count). The summed E-state index contributed by atoms with van der Waals surface area (Å²) >= 11 is 12.0. The molecule has 2 aromatic rings. The Kier molecular flexibility index (Phi) is 5.35. The lowest BCUT2D eigenvalue weighted by Gasteiger charge is -2.39. The maximum absolute atomic E-state index is 15.7. The molecule has 0 saturated heterocycles. The van der Waals surface area contributed by atoms with Gasteiger partial charge in [0.05, 0.1) is 5.69 Å². The van der Waals surface area contributed by atoms with E-state index in [2.05, 4.69) is 4.98 Å². The van der Waals surface area contributed by atoms with Crippen molar-refractivity contribution in [1.29, 1.82) is 0 Å². The van der Waals surface area contributed by atoms with Crippen molar-refractivity contribution in [3.63, 3.8) is 0 Å². The maximum atomic E-state index is 15.7. The normalized spacial score (nSPS) is 25.0. The van der Waals surface area contributed by atoms with E-state index < -0.39 is 17.1 Å². The Labute approximate surface area is 161 Å².